The Morgan fingerprint density at radius 2 is 1.95 bits per heavy atom. The zero-order valence-corrected chi connectivity index (χ0v) is 21.8. The van der Waals surface area contributed by atoms with Gasteiger partial charge in [0.1, 0.15) is 0 Å². The van der Waals surface area contributed by atoms with Crippen molar-refractivity contribution in [2.75, 3.05) is 37.7 Å². The highest BCUT2D eigenvalue weighted by molar-refractivity contribution is 5.93. The van der Waals surface area contributed by atoms with Crippen LogP contribution in [-0.4, -0.2) is 69.4 Å². The van der Waals surface area contributed by atoms with E-state index in [2.05, 4.69) is 64.4 Å². The third-order valence-electron chi connectivity index (χ3n) is 7.86. The molecule has 5 rings (SSSR count). The number of ether oxygens (including phenoxy) is 1. The predicted molar refractivity (Wildman–Crippen MR) is 142 cm³/mol. The molecule has 1 unspecified atom stereocenters. The van der Waals surface area contributed by atoms with E-state index < -0.39 is 0 Å². The summed E-state index contributed by atoms with van der Waals surface area (Å²) in [6.07, 6.45) is 7.56. The van der Waals surface area contributed by atoms with Crippen molar-refractivity contribution in [3.63, 3.8) is 0 Å². The lowest BCUT2D eigenvalue weighted by Crippen LogP contribution is -2.35. The van der Waals surface area contributed by atoms with Crippen molar-refractivity contribution in [3.8, 4) is 5.75 Å². The average Bonchev–Trinajstić information content (AvgIpc) is 3.63. The molecule has 2 aliphatic heterocycles. The molecule has 9 nitrogen and oxygen atoms in total. The molecule has 3 heterocycles. The number of aliphatic hydroxyl groups is 1. The Balaban J connectivity index is 1.06. The molecule has 1 aliphatic carbocycles. The van der Waals surface area contributed by atoms with Crippen molar-refractivity contribution in [1.82, 2.24) is 15.0 Å². The van der Waals surface area contributed by atoms with Crippen LogP contribution in [0.3, 0.4) is 0 Å². The Bertz CT molecular complexity index is 1130. The number of rotatable bonds is 7. The quantitative estimate of drug-likeness (QED) is 0.333. The standard InChI is InChI=1S/C28H37N5O4/c1-19(2)26-29-28(37-31-26)32-14-11-20(12-15-32)18-36-25-9-7-22(8-10-25)21-3-5-23(6-4-21)27(34)33-16-13-24(17-33)30-35/h3,7-10,19-20,23,35H,4-6,11-18H2,1-2H3/p+1/b30-24-. The van der Waals surface area contributed by atoms with Gasteiger partial charge in [0.05, 0.1) is 12.3 Å². The number of amides is 1. The SMILES string of the molecule is CC(C)c1noc(N2CCC(C[OH+]c3ccc(C4=CCC(C(=O)N5CC/C(=N/O)C5)CC4)cc3)CC2)n1. The van der Waals surface area contributed by atoms with E-state index in [4.69, 9.17) is 14.5 Å². The summed E-state index contributed by atoms with van der Waals surface area (Å²) in [5, 5.41) is 16.3. The second-order valence-electron chi connectivity index (χ2n) is 10.8. The number of carbonyl (C=O) groups excluding carboxylic acids is 1. The number of allylic oxidation sites excluding steroid dienone is 2. The molecule has 0 radical (unpaired) electrons. The summed E-state index contributed by atoms with van der Waals surface area (Å²) in [6.45, 7) is 7.94. The molecule has 1 atom stereocenters. The number of hydrogen-bond acceptors (Lipinski definition) is 7. The van der Waals surface area contributed by atoms with Crippen LogP contribution in [0.5, 0.6) is 5.75 Å². The molecule has 2 saturated heterocycles. The minimum Gasteiger partial charge on any atom is -0.582 e. The molecule has 37 heavy (non-hydrogen) atoms. The maximum atomic E-state index is 12.8. The van der Waals surface area contributed by atoms with Crippen LogP contribution < -0.4 is 4.90 Å². The number of likely N-dealkylation sites (tertiary alicyclic amines) is 1. The van der Waals surface area contributed by atoms with Gasteiger partial charge in [0.2, 0.25) is 5.91 Å². The van der Waals surface area contributed by atoms with Crippen LogP contribution in [0, 0.1) is 11.8 Å². The number of hydrogen-bond donors (Lipinski definition) is 1. The molecular weight excluding hydrogens is 470 g/mol. The second kappa shape index (κ2) is 11.4. The second-order valence-corrected chi connectivity index (χ2v) is 10.8. The van der Waals surface area contributed by atoms with Crippen LogP contribution >= 0.6 is 0 Å². The van der Waals surface area contributed by atoms with Crippen LogP contribution in [0.15, 0.2) is 40.0 Å². The van der Waals surface area contributed by atoms with Gasteiger partial charge in [-0.1, -0.05) is 30.2 Å². The summed E-state index contributed by atoms with van der Waals surface area (Å²) in [7, 11) is 0. The summed E-state index contributed by atoms with van der Waals surface area (Å²) in [5.74, 6) is 2.83. The zero-order chi connectivity index (χ0) is 25.8. The van der Waals surface area contributed by atoms with Gasteiger partial charge in [-0.25, -0.2) is 0 Å². The van der Waals surface area contributed by atoms with Gasteiger partial charge in [0.25, 0.3) is 5.75 Å². The number of aromatic nitrogens is 2. The maximum absolute atomic E-state index is 12.8. The first-order valence-corrected chi connectivity index (χ1v) is 13.5. The van der Waals surface area contributed by atoms with Crippen molar-refractivity contribution in [2.24, 2.45) is 17.0 Å². The summed E-state index contributed by atoms with van der Waals surface area (Å²) in [4.78, 5) is 21.3. The van der Waals surface area contributed by atoms with E-state index in [-0.39, 0.29) is 17.7 Å². The largest absolute Gasteiger partial charge is 0.582 e. The highest BCUT2D eigenvalue weighted by Crippen LogP contribution is 2.33. The van der Waals surface area contributed by atoms with E-state index in [0.29, 0.717) is 37.2 Å². The molecule has 3 aliphatic rings. The van der Waals surface area contributed by atoms with E-state index in [0.717, 1.165) is 63.4 Å². The Hall–Kier alpha value is -3.36. The fraction of sp³-hybridized carbons (Fsp3) is 0.571. The molecule has 2 aromatic rings. The summed E-state index contributed by atoms with van der Waals surface area (Å²) < 4.78 is 10.3. The predicted octanol–water partition coefficient (Wildman–Crippen LogP) is 4.60. The highest BCUT2D eigenvalue weighted by Gasteiger charge is 2.30. The van der Waals surface area contributed by atoms with E-state index in [1.807, 2.05) is 4.90 Å². The molecule has 0 saturated carbocycles. The minimum absolute atomic E-state index is 0.0274. The van der Waals surface area contributed by atoms with Crippen molar-refractivity contribution in [2.45, 2.75) is 58.3 Å². The Kier molecular flexibility index (Phi) is 7.76. The number of benzene rings is 1. The minimum atomic E-state index is 0.0274. The van der Waals surface area contributed by atoms with Gasteiger partial charge in [-0.2, -0.15) is 4.98 Å². The van der Waals surface area contributed by atoms with Gasteiger partial charge in [0.15, 0.2) is 12.4 Å². The topological polar surface area (TPSA) is 108 Å². The Morgan fingerprint density at radius 3 is 2.57 bits per heavy atom. The number of aromatic hydroxyl groups is 1. The average molecular weight is 509 g/mol. The fourth-order valence-electron chi connectivity index (χ4n) is 5.40. The van der Waals surface area contributed by atoms with E-state index in [9.17, 15) is 4.79 Å². The van der Waals surface area contributed by atoms with Crippen LogP contribution in [0.4, 0.5) is 6.01 Å². The lowest BCUT2D eigenvalue weighted by molar-refractivity contribution is -0.134. The third-order valence-corrected chi connectivity index (χ3v) is 7.86. The third kappa shape index (κ3) is 5.97. The fourth-order valence-corrected chi connectivity index (χ4v) is 5.40. The molecule has 1 aromatic carbocycles. The van der Waals surface area contributed by atoms with Gasteiger partial charge >= 0.3 is 6.01 Å². The molecule has 0 spiro atoms. The van der Waals surface area contributed by atoms with E-state index >= 15 is 0 Å². The molecule has 9 heteroatoms. The monoisotopic (exact) mass is 508 g/mol. The van der Waals surface area contributed by atoms with Crippen LogP contribution in [-0.2, 0) is 4.79 Å². The molecule has 2 N–H and O–H groups in total. The van der Waals surface area contributed by atoms with Crippen molar-refractivity contribution in [1.29, 1.82) is 0 Å². The molecule has 1 amide bonds. The number of nitrogens with zero attached hydrogens (tertiary/aromatic N) is 5. The van der Waals surface area contributed by atoms with Gasteiger partial charge in [-0.3, -0.25) is 4.79 Å². The normalized spacial score (nSPS) is 22.1. The van der Waals surface area contributed by atoms with Crippen molar-refractivity contribution >= 4 is 23.2 Å². The van der Waals surface area contributed by atoms with Crippen molar-refractivity contribution < 1.29 is 19.3 Å². The highest BCUT2D eigenvalue weighted by atomic mass is 16.5. The smallest absolute Gasteiger partial charge is 0.324 e. The maximum Gasteiger partial charge on any atom is 0.324 e. The number of carbonyl (C=O) groups is 1. The van der Waals surface area contributed by atoms with Gasteiger partial charge < -0.3 is 24.3 Å². The first-order chi connectivity index (χ1) is 18.0. The van der Waals surface area contributed by atoms with Crippen LogP contribution in [0.25, 0.3) is 5.57 Å². The molecule has 198 valence electrons. The van der Waals surface area contributed by atoms with E-state index in [1.165, 1.54) is 11.1 Å². The lowest BCUT2D eigenvalue weighted by atomic mass is 9.86. The molecule has 0 bridgehead atoms. The number of anilines is 1. The van der Waals surface area contributed by atoms with Crippen LogP contribution in [0.1, 0.15) is 69.7 Å². The first kappa shape index (κ1) is 25.3. The molecular formula is C28H38N5O4+. The Morgan fingerprint density at radius 1 is 1.16 bits per heavy atom. The van der Waals surface area contributed by atoms with Gasteiger partial charge in [0, 0.05) is 55.9 Å². The molecule has 2 fully saturated rings. The Labute approximate surface area is 218 Å². The number of oxime groups is 1. The summed E-state index contributed by atoms with van der Waals surface area (Å²) in [6, 6.07) is 9.16. The van der Waals surface area contributed by atoms with Gasteiger partial charge in [-0.15, -0.1) is 0 Å². The summed E-state index contributed by atoms with van der Waals surface area (Å²) in [5.41, 5.74) is 3.22. The number of piperidine rings is 1. The van der Waals surface area contributed by atoms with Crippen LogP contribution in [0.2, 0.25) is 0 Å². The first-order valence-electron chi connectivity index (χ1n) is 13.5. The van der Waals surface area contributed by atoms with Gasteiger partial charge in [-0.05, 0) is 55.4 Å². The van der Waals surface area contributed by atoms with E-state index in [1.54, 1.807) is 0 Å². The summed E-state index contributed by atoms with van der Waals surface area (Å²) >= 11 is 0. The lowest BCUT2D eigenvalue weighted by Gasteiger charge is -2.29. The zero-order valence-electron chi connectivity index (χ0n) is 21.8. The van der Waals surface area contributed by atoms with Crippen molar-refractivity contribution in [3.05, 3.63) is 41.7 Å². The molecule has 1 aromatic heterocycles.